The third-order valence-corrected chi connectivity index (χ3v) is 3.56. The highest BCUT2D eigenvalue weighted by Crippen LogP contribution is 2.30. The van der Waals surface area contributed by atoms with Crippen LogP contribution in [-0.2, 0) is 11.2 Å². The van der Waals surface area contributed by atoms with Gasteiger partial charge in [0, 0.05) is 31.4 Å². The number of hydrogen-bond donors (Lipinski definition) is 1. The molecule has 0 radical (unpaired) electrons. The average Bonchev–Trinajstić information content (AvgIpc) is 2.70. The summed E-state index contributed by atoms with van der Waals surface area (Å²) in [6, 6.07) is 6.31. The SMILES string of the molecule is CC(=O)N1CCc2cc(NCCC(C)(C)C)ccc21. The van der Waals surface area contributed by atoms with E-state index in [1.807, 2.05) is 4.90 Å². The third-order valence-electron chi connectivity index (χ3n) is 3.56. The lowest BCUT2D eigenvalue weighted by molar-refractivity contribution is -0.116. The normalized spacial score (nSPS) is 14.4. The molecule has 0 saturated carbocycles. The second-order valence-corrected chi connectivity index (χ2v) is 6.50. The predicted octanol–water partition coefficient (Wildman–Crippen LogP) is 3.44. The lowest BCUT2D eigenvalue weighted by atomic mass is 9.92. The van der Waals surface area contributed by atoms with Crippen molar-refractivity contribution in [1.29, 1.82) is 0 Å². The molecule has 1 heterocycles. The van der Waals surface area contributed by atoms with E-state index >= 15 is 0 Å². The number of anilines is 2. The molecule has 1 aromatic carbocycles. The Morgan fingerprint density at radius 2 is 2.11 bits per heavy atom. The highest BCUT2D eigenvalue weighted by atomic mass is 16.2. The number of fused-ring (bicyclic) bond motifs is 1. The predicted molar refractivity (Wildman–Crippen MR) is 80.7 cm³/mol. The first-order valence-electron chi connectivity index (χ1n) is 7.02. The Morgan fingerprint density at radius 1 is 1.37 bits per heavy atom. The van der Waals surface area contributed by atoms with Gasteiger partial charge in [-0.15, -0.1) is 0 Å². The number of nitrogens with one attached hydrogen (secondary N) is 1. The molecule has 0 aliphatic carbocycles. The van der Waals surface area contributed by atoms with Gasteiger partial charge >= 0.3 is 0 Å². The number of amides is 1. The van der Waals surface area contributed by atoms with Crippen molar-refractivity contribution >= 4 is 17.3 Å². The van der Waals surface area contributed by atoms with E-state index in [0.717, 1.165) is 37.3 Å². The van der Waals surface area contributed by atoms with E-state index in [2.05, 4.69) is 44.3 Å². The minimum Gasteiger partial charge on any atom is -0.385 e. The van der Waals surface area contributed by atoms with Crippen LogP contribution in [0, 0.1) is 5.41 Å². The maximum atomic E-state index is 11.5. The summed E-state index contributed by atoms with van der Waals surface area (Å²) in [6.45, 7) is 10.2. The number of hydrogen-bond acceptors (Lipinski definition) is 2. The first-order valence-corrected chi connectivity index (χ1v) is 7.02. The van der Waals surface area contributed by atoms with E-state index < -0.39 is 0 Å². The van der Waals surface area contributed by atoms with Gasteiger partial charge in [-0.1, -0.05) is 20.8 Å². The molecule has 0 fully saturated rings. The van der Waals surface area contributed by atoms with Crippen LogP contribution in [0.4, 0.5) is 11.4 Å². The van der Waals surface area contributed by atoms with E-state index in [1.54, 1.807) is 6.92 Å². The van der Waals surface area contributed by atoms with E-state index in [-0.39, 0.29) is 5.91 Å². The smallest absolute Gasteiger partial charge is 0.223 e. The summed E-state index contributed by atoms with van der Waals surface area (Å²) < 4.78 is 0. The van der Waals surface area contributed by atoms with Crippen LogP contribution in [0.3, 0.4) is 0 Å². The molecule has 0 spiro atoms. The van der Waals surface area contributed by atoms with Gasteiger partial charge in [-0.05, 0) is 42.0 Å². The highest BCUT2D eigenvalue weighted by Gasteiger charge is 2.22. The Hall–Kier alpha value is -1.51. The van der Waals surface area contributed by atoms with E-state index in [9.17, 15) is 4.79 Å². The number of nitrogens with zero attached hydrogens (tertiary/aromatic N) is 1. The minimum atomic E-state index is 0.132. The first kappa shape index (κ1) is 13.9. The quantitative estimate of drug-likeness (QED) is 0.903. The molecule has 1 aromatic rings. The first-order chi connectivity index (χ1) is 8.87. The molecule has 1 amide bonds. The summed E-state index contributed by atoms with van der Waals surface area (Å²) in [5.41, 5.74) is 3.87. The van der Waals surface area contributed by atoms with Gasteiger partial charge in [0.1, 0.15) is 0 Å². The van der Waals surface area contributed by atoms with Gasteiger partial charge in [-0.2, -0.15) is 0 Å². The molecule has 1 aliphatic rings. The Balaban J connectivity index is 2.01. The zero-order valence-electron chi connectivity index (χ0n) is 12.4. The molecule has 2 rings (SSSR count). The molecule has 0 unspecified atom stereocenters. The van der Waals surface area contributed by atoms with Crippen molar-refractivity contribution < 1.29 is 4.79 Å². The Bertz CT molecular complexity index is 474. The van der Waals surface area contributed by atoms with E-state index in [0.29, 0.717) is 5.41 Å². The number of rotatable bonds is 3. The van der Waals surface area contributed by atoms with Crippen LogP contribution in [0.25, 0.3) is 0 Å². The number of carbonyl (C=O) groups is 1. The van der Waals surface area contributed by atoms with Gasteiger partial charge in [0.05, 0.1) is 0 Å². The molecule has 3 heteroatoms. The van der Waals surface area contributed by atoms with Crippen LogP contribution in [0.1, 0.15) is 39.7 Å². The largest absolute Gasteiger partial charge is 0.385 e. The van der Waals surface area contributed by atoms with E-state index in [1.165, 1.54) is 5.56 Å². The molecule has 0 atom stereocenters. The fourth-order valence-electron chi connectivity index (χ4n) is 2.42. The van der Waals surface area contributed by atoms with Gasteiger partial charge in [-0.3, -0.25) is 4.79 Å². The van der Waals surface area contributed by atoms with Crippen molar-refractivity contribution in [2.45, 2.75) is 40.5 Å². The van der Waals surface area contributed by atoms with Crippen LogP contribution in [0.2, 0.25) is 0 Å². The van der Waals surface area contributed by atoms with Gasteiger partial charge in [0.15, 0.2) is 0 Å². The van der Waals surface area contributed by atoms with Crippen LogP contribution < -0.4 is 10.2 Å². The van der Waals surface area contributed by atoms with Crippen molar-refractivity contribution in [1.82, 2.24) is 0 Å². The zero-order valence-corrected chi connectivity index (χ0v) is 12.4. The van der Waals surface area contributed by atoms with Gasteiger partial charge in [0.2, 0.25) is 5.91 Å². The van der Waals surface area contributed by atoms with Gasteiger partial charge in [-0.25, -0.2) is 0 Å². The van der Waals surface area contributed by atoms with Gasteiger partial charge < -0.3 is 10.2 Å². The molecule has 1 aliphatic heterocycles. The summed E-state index contributed by atoms with van der Waals surface area (Å²) in [4.78, 5) is 13.3. The lowest BCUT2D eigenvalue weighted by Crippen LogP contribution is -2.25. The van der Waals surface area contributed by atoms with Crippen molar-refractivity contribution in [2.24, 2.45) is 5.41 Å². The summed E-state index contributed by atoms with van der Waals surface area (Å²) in [5, 5.41) is 3.47. The second-order valence-electron chi connectivity index (χ2n) is 6.50. The van der Waals surface area contributed by atoms with Crippen molar-refractivity contribution in [3.05, 3.63) is 23.8 Å². The molecule has 3 nitrogen and oxygen atoms in total. The molecule has 19 heavy (non-hydrogen) atoms. The van der Waals surface area contributed by atoms with Crippen LogP contribution in [0.15, 0.2) is 18.2 Å². The van der Waals surface area contributed by atoms with Crippen molar-refractivity contribution in [2.75, 3.05) is 23.3 Å². The summed E-state index contributed by atoms with van der Waals surface area (Å²) in [6.07, 6.45) is 2.10. The minimum absolute atomic E-state index is 0.132. The van der Waals surface area contributed by atoms with Crippen LogP contribution >= 0.6 is 0 Å². The lowest BCUT2D eigenvalue weighted by Gasteiger charge is -2.19. The third kappa shape index (κ3) is 3.49. The highest BCUT2D eigenvalue weighted by molar-refractivity contribution is 5.94. The fraction of sp³-hybridized carbons (Fsp3) is 0.562. The summed E-state index contributed by atoms with van der Waals surface area (Å²) in [5.74, 6) is 0.132. The molecule has 0 bridgehead atoms. The molecular weight excluding hydrogens is 236 g/mol. The molecule has 104 valence electrons. The van der Waals surface area contributed by atoms with E-state index in [4.69, 9.17) is 0 Å². The standard InChI is InChI=1S/C16H24N2O/c1-12(19)18-10-7-13-11-14(5-6-15(13)18)17-9-8-16(2,3)4/h5-6,11,17H,7-10H2,1-4H3. The van der Waals surface area contributed by atoms with Gasteiger partial charge in [0.25, 0.3) is 0 Å². The molecule has 0 aromatic heterocycles. The Kier molecular flexibility index (Phi) is 3.83. The van der Waals surface area contributed by atoms with Crippen LogP contribution in [0.5, 0.6) is 0 Å². The Morgan fingerprint density at radius 3 is 2.74 bits per heavy atom. The summed E-state index contributed by atoms with van der Waals surface area (Å²) >= 11 is 0. The molecule has 0 saturated heterocycles. The second kappa shape index (κ2) is 5.24. The Labute approximate surface area is 116 Å². The monoisotopic (exact) mass is 260 g/mol. The number of benzene rings is 1. The van der Waals surface area contributed by atoms with Crippen molar-refractivity contribution in [3.8, 4) is 0 Å². The van der Waals surface area contributed by atoms with Crippen molar-refractivity contribution in [3.63, 3.8) is 0 Å². The fourth-order valence-corrected chi connectivity index (χ4v) is 2.42. The topological polar surface area (TPSA) is 32.3 Å². The molecule has 1 N–H and O–H groups in total. The maximum absolute atomic E-state index is 11.5. The molecular formula is C16H24N2O. The zero-order chi connectivity index (χ0) is 14.0. The maximum Gasteiger partial charge on any atom is 0.223 e. The number of carbonyl (C=O) groups excluding carboxylic acids is 1. The van der Waals surface area contributed by atoms with Crippen LogP contribution in [-0.4, -0.2) is 19.0 Å². The summed E-state index contributed by atoms with van der Waals surface area (Å²) in [7, 11) is 0. The average molecular weight is 260 g/mol.